The second-order valence-corrected chi connectivity index (χ2v) is 6.26. The van der Waals surface area contributed by atoms with E-state index in [4.69, 9.17) is 10.5 Å². The average molecular weight is 274 g/mol. The Kier molecular flexibility index (Phi) is 4.58. The van der Waals surface area contributed by atoms with Crippen molar-refractivity contribution in [1.29, 1.82) is 0 Å². The standard InChI is InChI=1S/C17H26N2O/c18-15-5-3-4-14(12-15)13-19-10-8-17(9-11-19)20-16-6-1-2-7-16/h3-5,12,16-17H,1-2,6-11,13,18H2. The van der Waals surface area contributed by atoms with Gasteiger partial charge in [0.15, 0.2) is 0 Å². The summed E-state index contributed by atoms with van der Waals surface area (Å²) >= 11 is 0. The molecule has 1 aromatic carbocycles. The van der Waals surface area contributed by atoms with Gasteiger partial charge in [-0.15, -0.1) is 0 Å². The number of ether oxygens (including phenoxy) is 1. The van der Waals surface area contributed by atoms with Crippen molar-refractivity contribution >= 4 is 5.69 Å². The molecular weight excluding hydrogens is 248 g/mol. The van der Waals surface area contributed by atoms with Crippen molar-refractivity contribution < 1.29 is 4.74 Å². The Morgan fingerprint density at radius 1 is 1.05 bits per heavy atom. The maximum Gasteiger partial charge on any atom is 0.0603 e. The van der Waals surface area contributed by atoms with Crippen molar-refractivity contribution in [3.8, 4) is 0 Å². The Hall–Kier alpha value is -1.06. The minimum absolute atomic E-state index is 0.496. The number of likely N-dealkylation sites (tertiary alicyclic amines) is 1. The third-order valence-corrected chi connectivity index (χ3v) is 4.58. The van der Waals surface area contributed by atoms with Crippen molar-refractivity contribution in [2.75, 3.05) is 18.8 Å². The number of benzene rings is 1. The van der Waals surface area contributed by atoms with Crippen LogP contribution >= 0.6 is 0 Å². The van der Waals surface area contributed by atoms with Crippen LogP contribution in [0, 0.1) is 0 Å². The Morgan fingerprint density at radius 3 is 2.45 bits per heavy atom. The van der Waals surface area contributed by atoms with E-state index >= 15 is 0 Å². The number of hydrogen-bond donors (Lipinski definition) is 1. The Labute approximate surface area is 122 Å². The van der Waals surface area contributed by atoms with Crippen LogP contribution in [0.15, 0.2) is 24.3 Å². The monoisotopic (exact) mass is 274 g/mol. The molecule has 20 heavy (non-hydrogen) atoms. The molecule has 0 amide bonds. The maximum absolute atomic E-state index is 6.22. The summed E-state index contributed by atoms with van der Waals surface area (Å²) in [5.74, 6) is 0. The largest absolute Gasteiger partial charge is 0.399 e. The van der Waals surface area contributed by atoms with Crippen LogP contribution in [0.2, 0.25) is 0 Å². The lowest BCUT2D eigenvalue weighted by atomic mass is 10.1. The molecule has 0 aromatic heterocycles. The number of nitrogens with two attached hydrogens (primary N) is 1. The lowest BCUT2D eigenvalue weighted by Crippen LogP contribution is -2.37. The molecule has 2 N–H and O–H groups in total. The quantitative estimate of drug-likeness (QED) is 0.857. The summed E-state index contributed by atoms with van der Waals surface area (Å²) in [6.45, 7) is 3.31. The zero-order chi connectivity index (χ0) is 13.8. The molecule has 3 nitrogen and oxygen atoms in total. The van der Waals surface area contributed by atoms with Crippen LogP contribution in [0.5, 0.6) is 0 Å². The summed E-state index contributed by atoms with van der Waals surface area (Å²) in [5, 5.41) is 0. The smallest absolute Gasteiger partial charge is 0.0603 e. The van der Waals surface area contributed by atoms with Gasteiger partial charge in [-0.25, -0.2) is 0 Å². The van der Waals surface area contributed by atoms with Gasteiger partial charge in [0.05, 0.1) is 12.2 Å². The first-order valence-electron chi connectivity index (χ1n) is 8.02. The topological polar surface area (TPSA) is 38.5 Å². The van der Waals surface area contributed by atoms with Crippen LogP contribution in [-0.2, 0) is 11.3 Å². The van der Waals surface area contributed by atoms with Crippen LogP contribution in [0.4, 0.5) is 5.69 Å². The fourth-order valence-corrected chi connectivity index (χ4v) is 3.45. The average Bonchev–Trinajstić information content (AvgIpc) is 2.94. The van der Waals surface area contributed by atoms with Crippen LogP contribution < -0.4 is 5.73 Å². The number of nitrogen functional groups attached to an aromatic ring is 1. The van der Waals surface area contributed by atoms with Crippen molar-refractivity contribution in [3.05, 3.63) is 29.8 Å². The predicted octanol–water partition coefficient (Wildman–Crippen LogP) is 3.19. The molecule has 1 aliphatic heterocycles. The molecule has 1 heterocycles. The highest BCUT2D eigenvalue weighted by Gasteiger charge is 2.24. The summed E-state index contributed by atoms with van der Waals surface area (Å²) in [6, 6.07) is 8.24. The maximum atomic E-state index is 6.22. The van der Waals surface area contributed by atoms with Gasteiger partial charge in [0, 0.05) is 25.3 Å². The third kappa shape index (κ3) is 3.74. The molecule has 0 unspecified atom stereocenters. The number of piperidine rings is 1. The van der Waals surface area contributed by atoms with Gasteiger partial charge >= 0.3 is 0 Å². The van der Waals surface area contributed by atoms with Crippen LogP contribution in [-0.4, -0.2) is 30.2 Å². The molecule has 1 aromatic rings. The molecule has 3 rings (SSSR count). The predicted molar refractivity (Wildman–Crippen MR) is 82.5 cm³/mol. The van der Waals surface area contributed by atoms with Crippen molar-refractivity contribution in [1.82, 2.24) is 4.90 Å². The first-order valence-corrected chi connectivity index (χ1v) is 8.02. The molecule has 2 fully saturated rings. The summed E-state index contributed by atoms with van der Waals surface area (Å²) in [7, 11) is 0. The zero-order valence-electron chi connectivity index (χ0n) is 12.3. The van der Waals surface area contributed by atoms with E-state index in [1.54, 1.807) is 0 Å². The molecule has 0 spiro atoms. The Morgan fingerprint density at radius 2 is 1.75 bits per heavy atom. The lowest BCUT2D eigenvalue weighted by molar-refractivity contribution is -0.0399. The number of anilines is 1. The molecule has 2 aliphatic rings. The molecule has 1 aliphatic carbocycles. The lowest BCUT2D eigenvalue weighted by Gasteiger charge is -2.33. The van der Waals surface area contributed by atoms with E-state index in [9.17, 15) is 0 Å². The van der Waals surface area contributed by atoms with E-state index in [-0.39, 0.29) is 0 Å². The van der Waals surface area contributed by atoms with Gasteiger partial charge < -0.3 is 10.5 Å². The van der Waals surface area contributed by atoms with Gasteiger partial charge in [-0.2, -0.15) is 0 Å². The number of hydrogen-bond acceptors (Lipinski definition) is 3. The highest BCUT2D eigenvalue weighted by molar-refractivity contribution is 5.40. The van der Waals surface area contributed by atoms with Crippen LogP contribution in [0.25, 0.3) is 0 Å². The SMILES string of the molecule is Nc1cccc(CN2CCC(OC3CCCC3)CC2)c1. The minimum Gasteiger partial charge on any atom is -0.399 e. The third-order valence-electron chi connectivity index (χ3n) is 4.58. The van der Waals surface area contributed by atoms with E-state index in [0.717, 1.165) is 25.3 Å². The second-order valence-electron chi connectivity index (χ2n) is 6.26. The molecular formula is C17H26N2O. The van der Waals surface area contributed by atoms with E-state index in [1.807, 2.05) is 12.1 Å². The molecule has 0 radical (unpaired) electrons. The normalized spacial score (nSPS) is 22.4. The van der Waals surface area contributed by atoms with Gasteiger partial charge in [-0.05, 0) is 43.4 Å². The summed E-state index contributed by atoms with van der Waals surface area (Å²) in [4.78, 5) is 2.52. The fourth-order valence-electron chi connectivity index (χ4n) is 3.45. The highest BCUT2D eigenvalue weighted by atomic mass is 16.5. The Bertz CT molecular complexity index is 421. The van der Waals surface area contributed by atoms with Gasteiger partial charge in [-0.1, -0.05) is 25.0 Å². The summed E-state index contributed by atoms with van der Waals surface area (Å²) < 4.78 is 6.22. The van der Waals surface area contributed by atoms with Gasteiger partial charge in [-0.3, -0.25) is 4.90 Å². The second kappa shape index (κ2) is 6.59. The number of rotatable bonds is 4. The molecule has 110 valence electrons. The minimum atomic E-state index is 0.496. The van der Waals surface area contributed by atoms with Crippen molar-refractivity contribution in [2.45, 2.75) is 57.3 Å². The van der Waals surface area contributed by atoms with E-state index < -0.39 is 0 Å². The summed E-state index contributed by atoms with van der Waals surface area (Å²) in [6.07, 6.45) is 8.69. The zero-order valence-corrected chi connectivity index (χ0v) is 12.3. The number of nitrogens with zero attached hydrogens (tertiary/aromatic N) is 1. The molecule has 0 bridgehead atoms. The molecule has 0 atom stereocenters. The molecule has 3 heteroatoms. The van der Waals surface area contributed by atoms with Crippen molar-refractivity contribution in [3.63, 3.8) is 0 Å². The van der Waals surface area contributed by atoms with E-state index in [2.05, 4.69) is 17.0 Å². The first-order chi connectivity index (χ1) is 9.79. The Balaban J connectivity index is 1.43. The van der Waals surface area contributed by atoms with Gasteiger partial charge in [0.1, 0.15) is 0 Å². The van der Waals surface area contributed by atoms with Crippen LogP contribution in [0.3, 0.4) is 0 Å². The fraction of sp³-hybridized carbons (Fsp3) is 0.647. The van der Waals surface area contributed by atoms with Gasteiger partial charge in [0.2, 0.25) is 0 Å². The van der Waals surface area contributed by atoms with E-state index in [1.165, 1.54) is 44.1 Å². The summed E-state index contributed by atoms with van der Waals surface area (Å²) in [5.41, 5.74) is 8.02. The van der Waals surface area contributed by atoms with Gasteiger partial charge in [0.25, 0.3) is 0 Å². The molecule has 1 saturated heterocycles. The molecule has 1 saturated carbocycles. The van der Waals surface area contributed by atoms with Crippen LogP contribution in [0.1, 0.15) is 44.1 Å². The first kappa shape index (κ1) is 13.9. The highest BCUT2D eigenvalue weighted by Crippen LogP contribution is 2.25. The van der Waals surface area contributed by atoms with Crippen molar-refractivity contribution in [2.24, 2.45) is 0 Å². The van der Waals surface area contributed by atoms with E-state index in [0.29, 0.717) is 12.2 Å².